The molecule has 0 bridgehead atoms. The van der Waals surface area contributed by atoms with Crippen LogP contribution in [0.3, 0.4) is 0 Å². The Morgan fingerprint density at radius 2 is 2.11 bits per heavy atom. The lowest BCUT2D eigenvalue weighted by molar-refractivity contribution is 0.0920. The Labute approximate surface area is 220 Å². The molecular formula is C24H26F3N9OS. The maximum Gasteiger partial charge on any atom is 0.280 e. The second-order valence-corrected chi connectivity index (χ2v) is 9.57. The molecule has 3 aromatic heterocycles. The Hall–Kier alpha value is -3.94. The summed E-state index contributed by atoms with van der Waals surface area (Å²) in [5.41, 5.74) is 0.862. The minimum Gasteiger partial charge on any atom is -0.347 e. The number of fused-ring (bicyclic) bond motifs is 1. The Kier molecular flexibility index (Phi) is 8.29. The summed E-state index contributed by atoms with van der Waals surface area (Å²) in [6.45, 7) is 8.65. The van der Waals surface area contributed by atoms with Crippen LogP contribution in [0.1, 0.15) is 65.6 Å². The third-order valence-electron chi connectivity index (χ3n) is 6.11. The third kappa shape index (κ3) is 5.49. The van der Waals surface area contributed by atoms with E-state index >= 15 is 0 Å². The van der Waals surface area contributed by atoms with E-state index in [-0.39, 0.29) is 39.5 Å². The van der Waals surface area contributed by atoms with Crippen molar-refractivity contribution in [3.63, 3.8) is 0 Å². The number of anilines is 1. The first-order valence-electron chi connectivity index (χ1n) is 11.8. The van der Waals surface area contributed by atoms with E-state index in [1.165, 1.54) is 23.5 Å². The number of nitrogens with one attached hydrogen (secondary N) is 1. The van der Waals surface area contributed by atoms with Gasteiger partial charge in [0.25, 0.3) is 12.3 Å². The lowest BCUT2D eigenvalue weighted by Gasteiger charge is -2.31. The van der Waals surface area contributed by atoms with Gasteiger partial charge in [-0.15, -0.1) is 11.3 Å². The Balaban J connectivity index is 1.72. The van der Waals surface area contributed by atoms with Crippen molar-refractivity contribution in [2.45, 2.75) is 51.1 Å². The van der Waals surface area contributed by atoms with E-state index < -0.39 is 18.2 Å². The van der Waals surface area contributed by atoms with Crippen LogP contribution in [0, 0.1) is 0 Å². The van der Waals surface area contributed by atoms with E-state index in [0.29, 0.717) is 41.8 Å². The molecular weight excluding hydrogens is 519 g/mol. The van der Waals surface area contributed by atoms with Gasteiger partial charge in [-0.3, -0.25) is 9.79 Å². The molecule has 0 radical (unpaired) electrons. The van der Waals surface area contributed by atoms with Crippen molar-refractivity contribution in [1.29, 1.82) is 0 Å². The molecule has 1 aliphatic carbocycles. The highest BCUT2D eigenvalue weighted by atomic mass is 32.1. The fourth-order valence-corrected chi connectivity index (χ4v) is 5.01. The van der Waals surface area contributed by atoms with Crippen LogP contribution in [0.4, 0.5) is 19.1 Å². The number of rotatable bonds is 9. The van der Waals surface area contributed by atoms with E-state index in [9.17, 15) is 18.0 Å². The molecule has 1 aliphatic rings. The molecule has 0 saturated heterocycles. The number of thiazole rings is 1. The van der Waals surface area contributed by atoms with Gasteiger partial charge in [0.1, 0.15) is 17.1 Å². The van der Waals surface area contributed by atoms with Gasteiger partial charge in [0.2, 0.25) is 5.95 Å². The monoisotopic (exact) mass is 545 g/mol. The number of aliphatic imine (C=N–C) groups is 1. The Morgan fingerprint density at radius 1 is 1.32 bits per heavy atom. The molecule has 2 atom stereocenters. The van der Waals surface area contributed by atoms with Gasteiger partial charge in [0.15, 0.2) is 16.5 Å². The largest absolute Gasteiger partial charge is 0.347 e. The van der Waals surface area contributed by atoms with Gasteiger partial charge in [0, 0.05) is 38.2 Å². The zero-order chi connectivity index (χ0) is 27.4. The van der Waals surface area contributed by atoms with Crippen LogP contribution in [0.5, 0.6) is 0 Å². The SMILES string of the molecule is C=CN=C(/C(F)=C\C)c1nc2cnc(N(C)N=C)nc2n1C1CCCC(NC(=O)c2ncc(C(F)F)s2)C1. The lowest BCUT2D eigenvalue weighted by atomic mass is 9.90. The van der Waals surface area contributed by atoms with Crippen molar-refractivity contribution in [3.05, 3.63) is 52.8 Å². The fourth-order valence-electron chi connectivity index (χ4n) is 4.34. The lowest BCUT2D eigenvalue weighted by Crippen LogP contribution is -2.39. The van der Waals surface area contributed by atoms with Crippen LogP contribution in [-0.2, 0) is 0 Å². The van der Waals surface area contributed by atoms with Gasteiger partial charge in [-0.05, 0) is 38.7 Å². The van der Waals surface area contributed by atoms with Crippen LogP contribution in [-0.4, -0.2) is 55.9 Å². The molecule has 4 rings (SSSR count). The summed E-state index contributed by atoms with van der Waals surface area (Å²) in [5.74, 6) is -0.581. The summed E-state index contributed by atoms with van der Waals surface area (Å²) < 4.78 is 42.6. The van der Waals surface area contributed by atoms with E-state index in [0.717, 1.165) is 12.6 Å². The molecule has 3 heterocycles. The van der Waals surface area contributed by atoms with E-state index in [4.69, 9.17) is 0 Å². The van der Waals surface area contributed by atoms with Crippen molar-refractivity contribution in [3.8, 4) is 0 Å². The molecule has 1 saturated carbocycles. The minimum atomic E-state index is -2.69. The molecule has 1 N–H and O–H groups in total. The summed E-state index contributed by atoms with van der Waals surface area (Å²) in [5, 5.41) is 8.11. The number of hydrazone groups is 1. The maximum absolute atomic E-state index is 14.9. The molecule has 200 valence electrons. The van der Waals surface area contributed by atoms with E-state index in [1.54, 1.807) is 18.5 Å². The summed E-state index contributed by atoms with van der Waals surface area (Å²) in [4.78, 5) is 33.9. The summed E-state index contributed by atoms with van der Waals surface area (Å²) >= 11 is 0.665. The van der Waals surface area contributed by atoms with Crippen LogP contribution in [0.15, 0.2) is 47.2 Å². The predicted molar refractivity (Wildman–Crippen MR) is 141 cm³/mol. The smallest absolute Gasteiger partial charge is 0.280 e. The first-order chi connectivity index (χ1) is 18.3. The third-order valence-corrected chi connectivity index (χ3v) is 7.12. The molecule has 0 spiro atoms. The molecule has 2 unspecified atom stereocenters. The Bertz CT molecular complexity index is 1410. The van der Waals surface area contributed by atoms with Crippen LogP contribution < -0.4 is 10.3 Å². The highest BCUT2D eigenvalue weighted by Crippen LogP contribution is 2.34. The van der Waals surface area contributed by atoms with Crippen LogP contribution in [0.2, 0.25) is 0 Å². The molecule has 3 aromatic rings. The number of hydrogen-bond donors (Lipinski definition) is 1. The molecule has 1 fully saturated rings. The van der Waals surface area contributed by atoms with Gasteiger partial charge in [-0.2, -0.15) is 10.1 Å². The maximum atomic E-state index is 14.9. The van der Waals surface area contributed by atoms with Gasteiger partial charge < -0.3 is 9.88 Å². The number of nitrogens with zero attached hydrogens (tertiary/aromatic N) is 8. The first kappa shape index (κ1) is 27.1. The number of alkyl halides is 2. The van der Waals surface area contributed by atoms with Gasteiger partial charge in [-0.1, -0.05) is 6.58 Å². The standard InChI is InChI=1S/C24H26F3N9OS/c1-5-15(25)18(29-6-2)21-33-16-11-31-24(35(4)28-3)34-20(16)36(21)14-9-7-8-13(10-14)32-22(37)23-30-12-17(38-23)19(26)27/h5-6,11-14,19H,2-3,7-10H2,1,4H3,(H,32,37)/b15-5+,29-18?. The Morgan fingerprint density at radius 3 is 2.76 bits per heavy atom. The summed E-state index contributed by atoms with van der Waals surface area (Å²) in [6.07, 6.45) is 4.94. The molecule has 0 aromatic carbocycles. The summed E-state index contributed by atoms with van der Waals surface area (Å²) in [7, 11) is 1.64. The normalized spacial score (nSPS) is 18.6. The van der Waals surface area contributed by atoms with Gasteiger partial charge in [-0.25, -0.2) is 33.1 Å². The minimum absolute atomic E-state index is 0.00859. The fraction of sp³-hybridized carbons (Fsp3) is 0.375. The highest BCUT2D eigenvalue weighted by Gasteiger charge is 2.31. The topological polar surface area (TPSA) is 114 Å². The van der Waals surface area contributed by atoms with E-state index in [1.807, 2.05) is 0 Å². The second-order valence-electron chi connectivity index (χ2n) is 8.51. The molecule has 38 heavy (non-hydrogen) atoms. The van der Waals surface area contributed by atoms with Gasteiger partial charge in [0.05, 0.1) is 11.1 Å². The average Bonchev–Trinajstić information content (AvgIpc) is 3.56. The number of carbonyl (C=O) groups excluding carboxylic acids is 1. The number of halogens is 3. The summed E-state index contributed by atoms with van der Waals surface area (Å²) in [6, 6.07) is -0.526. The quantitative estimate of drug-likeness (QED) is 0.299. The zero-order valence-electron chi connectivity index (χ0n) is 20.8. The van der Waals surface area contributed by atoms with Crippen molar-refractivity contribution in [2.24, 2.45) is 10.1 Å². The number of hydrogen-bond acceptors (Lipinski definition) is 9. The first-order valence-corrected chi connectivity index (χ1v) is 12.6. The number of imidazole rings is 1. The van der Waals surface area contributed by atoms with Crippen molar-refractivity contribution in [2.75, 3.05) is 12.1 Å². The molecule has 0 aliphatic heterocycles. The van der Waals surface area contributed by atoms with E-state index in [2.05, 4.69) is 48.6 Å². The zero-order valence-corrected chi connectivity index (χ0v) is 21.6. The van der Waals surface area contributed by atoms with Crippen molar-refractivity contribution < 1.29 is 18.0 Å². The van der Waals surface area contributed by atoms with Crippen molar-refractivity contribution in [1.82, 2.24) is 29.8 Å². The van der Waals surface area contributed by atoms with Crippen molar-refractivity contribution >= 4 is 46.8 Å². The van der Waals surface area contributed by atoms with Crippen LogP contribution >= 0.6 is 11.3 Å². The number of allylic oxidation sites excluding steroid dienone is 2. The molecule has 10 nitrogen and oxygen atoms in total. The molecule has 1 amide bonds. The highest BCUT2D eigenvalue weighted by molar-refractivity contribution is 7.13. The second kappa shape index (κ2) is 11.6. The number of amides is 1. The number of aromatic nitrogens is 5. The van der Waals surface area contributed by atoms with Crippen LogP contribution in [0.25, 0.3) is 11.2 Å². The predicted octanol–water partition coefficient (Wildman–Crippen LogP) is 4.99. The average molecular weight is 546 g/mol. The number of carbonyl (C=O) groups is 1. The van der Waals surface area contributed by atoms with Gasteiger partial charge >= 0.3 is 0 Å². The molecule has 14 heteroatoms.